The smallest absolute Gasteiger partial charge is 0.265 e. The predicted molar refractivity (Wildman–Crippen MR) is 151 cm³/mol. The number of pyridine rings is 1. The number of carbonyl (C=O) groups is 1. The Morgan fingerprint density at radius 2 is 1.84 bits per heavy atom. The van der Waals surface area contributed by atoms with Crippen molar-refractivity contribution in [3.63, 3.8) is 0 Å². The lowest BCUT2D eigenvalue weighted by Gasteiger charge is -2.29. The molecule has 0 bridgehead atoms. The number of hydrogen-bond acceptors (Lipinski definition) is 5. The number of nitrogens with one attached hydrogen (secondary N) is 1. The van der Waals surface area contributed by atoms with E-state index in [-0.39, 0.29) is 11.5 Å². The number of thiazole rings is 1. The van der Waals surface area contributed by atoms with Crippen molar-refractivity contribution >= 4 is 28.8 Å². The van der Waals surface area contributed by atoms with Gasteiger partial charge in [0.25, 0.3) is 11.5 Å². The minimum Gasteiger partial charge on any atom is -0.336 e. The summed E-state index contributed by atoms with van der Waals surface area (Å²) >= 11 is 7.46. The normalized spacial score (nSPS) is 13.7. The molecule has 37 heavy (non-hydrogen) atoms. The molecule has 1 fully saturated rings. The molecule has 2 aromatic carbocycles. The molecule has 1 aliphatic heterocycles. The van der Waals surface area contributed by atoms with Crippen molar-refractivity contribution in [2.45, 2.75) is 27.2 Å². The van der Waals surface area contributed by atoms with Crippen LogP contribution in [0.2, 0.25) is 5.02 Å². The molecule has 1 aliphatic rings. The molecule has 2 aromatic heterocycles. The van der Waals surface area contributed by atoms with Gasteiger partial charge in [-0.3, -0.25) is 14.2 Å². The molecule has 1 saturated heterocycles. The molecule has 190 valence electrons. The summed E-state index contributed by atoms with van der Waals surface area (Å²) in [6.07, 6.45) is 0.770. The maximum Gasteiger partial charge on any atom is 0.265 e. The molecule has 4 aromatic rings. The third-order valence-electron chi connectivity index (χ3n) is 6.88. The zero-order chi connectivity index (χ0) is 26.1. The van der Waals surface area contributed by atoms with Gasteiger partial charge in [-0.05, 0) is 49.6 Å². The van der Waals surface area contributed by atoms with Gasteiger partial charge < -0.3 is 10.2 Å². The Kier molecular flexibility index (Phi) is 7.29. The van der Waals surface area contributed by atoms with E-state index in [1.165, 1.54) is 11.3 Å². The van der Waals surface area contributed by atoms with E-state index in [1.54, 1.807) is 10.6 Å². The number of rotatable bonds is 5. The first-order valence-corrected chi connectivity index (χ1v) is 13.7. The third-order valence-corrected chi connectivity index (χ3v) is 8.01. The van der Waals surface area contributed by atoms with Crippen LogP contribution in [0.5, 0.6) is 0 Å². The Morgan fingerprint density at radius 3 is 2.54 bits per heavy atom. The highest BCUT2D eigenvalue weighted by atomic mass is 35.5. The van der Waals surface area contributed by atoms with Crippen molar-refractivity contribution in [2.75, 3.05) is 26.2 Å². The van der Waals surface area contributed by atoms with Crippen LogP contribution in [0.3, 0.4) is 0 Å². The van der Waals surface area contributed by atoms with Crippen molar-refractivity contribution in [1.82, 2.24) is 19.8 Å². The second kappa shape index (κ2) is 10.6. The Morgan fingerprint density at radius 1 is 1.11 bits per heavy atom. The SMILES string of the molecule is CCc1cccc(C)c1-n1c(C)c(C(=O)N2CCNCC2)cc(-c2nc(-c3ccc(Cl)cc3)cs2)c1=O. The van der Waals surface area contributed by atoms with Crippen LogP contribution in [0.25, 0.3) is 27.5 Å². The fourth-order valence-corrected chi connectivity index (χ4v) is 5.82. The molecule has 5 rings (SSSR count). The van der Waals surface area contributed by atoms with E-state index in [2.05, 4.69) is 12.2 Å². The summed E-state index contributed by atoms with van der Waals surface area (Å²) < 4.78 is 1.72. The van der Waals surface area contributed by atoms with Crippen LogP contribution in [0.1, 0.15) is 34.1 Å². The fourth-order valence-electron chi connectivity index (χ4n) is 4.86. The van der Waals surface area contributed by atoms with E-state index in [4.69, 9.17) is 16.6 Å². The van der Waals surface area contributed by atoms with Gasteiger partial charge in [-0.25, -0.2) is 4.98 Å². The van der Waals surface area contributed by atoms with Crippen LogP contribution in [0.4, 0.5) is 0 Å². The molecule has 1 amide bonds. The predicted octanol–water partition coefficient (Wildman–Crippen LogP) is 5.51. The van der Waals surface area contributed by atoms with Crippen molar-refractivity contribution in [3.05, 3.63) is 91.7 Å². The van der Waals surface area contributed by atoms with E-state index in [9.17, 15) is 9.59 Å². The number of amides is 1. The molecule has 0 spiro atoms. The van der Waals surface area contributed by atoms with Gasteiger partial charge in [-0.2, -0.15) is 0 Å². The first-order chi connectivity index (χ1) is 17.9. The van der Waals surface area contributed by atoms with Crippen LogP contribution < -0.4 is 10.9 Å². The fraction of sp³-hybridized carbons (Fsp3) is 0.276. The Labute approximate surface area is 225 Å². The number of benzene rings is 2. The molecular formula is C29H29ClN4O2S. The lowest BCUT2D eigenvalue weighted by molar-refractivity contribution is 0.0734. The zero-order valence-electron chi connectivity index (χ0n) is 21.2. The summed E-state index contributed by atoms with van der Waals surface area (Å²) in [5, 5.41) is 6.48. The second-order valence-corrected chi connectivity index (χ2v) is 10.5. The number of hydrogen-bond donors (Lipinski definition) is 1. The van der Waals surface area contributed by atoms with Crippen molar-refractivity contribution in [2.24, 2.45) is 0 Å². The van der Waals surface area contributed by atoms with Gasteiger partial charge in [0.1, 0.15) is 5.01 Å². The molecule has 0 aliphatic carbocycles. The van der Waals surface area contributed by atoms with Crippen LogP contribution in [0.15, 0.2) is 58.7 Å². The van der Waals surface area contributed by atoms with Crippen LogP contribution in [-0.4, -0.2) is 46.5 Å². The lowest BCUT2D eigenvalue weighted by Crippen LogP contribution is -2.47. The van der Waals surface area contributed by atoms with Gasteiger partial charge in [0.05, 0.1) is 22.5 Å². The maximum atomic E-state index is 14.1. The quantitative estimate of drug-likeness (QED) is 0.368. The van der Waals surface area contributed by atoms with E-state index in [0.29, 0.717) is 39.9 Å². The minimum atomic E-state index is -0.171. The van der Waals surface area contributed by atoms with E-state index in [1.807, 2.05) is 66.6 Å². The van der Waals surface area contributed by atoms with E-state index >= 15 is 0 Å². The van der Waals surface area contributed by atoms with Crippen molar-refractivity contribution < 1.29 is 4.79 Å². The minimum absolute atomic E-state index is 0.0601. The summed E-state index contributed by atoms with van der Waals surface area (Å²) in [6, 6.07) is 15.3. The lowest BCUT2D eigenvalue weighted by atomic mass is 10.0. The van der Waals surface area contributed by atoms with Gasteiger partial charge in [0, 0.05) is 47.8 Å². The topological polar surface area (TPSA) is 67.2 Å². The summed E-state index contributed by atoms with van der Waals surface area (Å²) in [5.74, 6) is -0.0601. The van der Waals surface area contributed by atoms with Gasteiger partial charge in [0.2, 0.25) is 0 Å². The van der Waals surface area contributed by atoms with Gasteiger partial charge in [-0.1, -0.05) is 48.9 Å². The monoisotopic (exact) mass is 532 g/mol. The molecule has 0 unspecified atom stereocenters. The molecule has 8 heteroatoms. The molecule has 1 N–H and O–H groups in total. The standard InChI is InChI=1S/C29H29ClN4O2S/c1-4-20-7-5-6-18(2)26(20)34-19(3)23(28(35)33-14-12-31-13-15-33)16-24(29(34)36)27-32-25(17-37-27)21-8-10-22(30)11-9-21/h5-11,16-17,31H,4,12-15H2,1-3H3. The molecule has 6 nitrogen and oxygen atoms in total. The first kappa shape index (κ1) is 25.4. The molecule has 0 radical (unpaired) electrons. The Balaban J connectivity index is 1.72. The average Bonchev–Trinajstić information content (AvgIpc) is 3.40. The summed E-state index contributed by atoms with van der Waals surface area (Å²) in [6.45, 7) is 8.73. The molecule has 3 heterocycles. The van der Waals surface area contributed by atoms with Gasteiger partial charge >= 0.3 is 0 Å². The number of carbonyl (C=O) groups excluding carboxylic acids is 1. The highest BCUT2D eigenvalue weighted by Crippen LogP contribution is 2.31. The third kappa shape index (κ3) is 4.87. The molecule has 0 saturated carbocycles. The zero-order valence-corrected chi connectivity index (χ0v) is 22.7. The largest absolute Gasteiger partial charge is 0.336 e. The molecule has 0 atom stereocenters. The number of aryl methyl sites for hydroxylation is 2. The van der Waals surface area contributed by atoms with Crippen LogP contribution >= 0.6 is 22.9 Å². The highest BCUT2D eigenvalue weighted by molar-refractivity contribution is 7.13. The number of aromatic nitrogens is 2. The van der Waals surface area contributed by atoms with Crippen LogP contribution in [0, 0.1) is 13.8 Å². The van der Waals surface area contributed by atoms with Gasteiger partial charge in [0.15, 0.2) is 0 Å². The summed E-state index contributed by atoms with van der Waals surface area (Å²) in [7, 11) is 0. The van der Waals surface area contributed by atoms with Crippen molar-refractivity contribution in [3.8, 4) is 27.5 Å². The average molecular weight is 533 g/mol. The highest BCUT2D eigenvalue weighted by Gasteiger charge is 2.26. The van der Waals surface area contributed by atoms with Crippen LogP contribution in [-0.2, 0) is 6.42 Å². The number of nitrogens with zero attached hydrogens (tertiary/aromatic N) is 3. The van der Waals surface area contributed by atoms with Gasteiger partial charge in [-0.15, -0.1) is 11.3 Å². The second-order valence-electron chi connectivity index (χ2n) is 9.22. The number of halogens is 1. The summed E-state index contributed by atoms with van der Waals surface area (Å²) in [5.41, 5.74) is 6.02. The number of para-hydroxylation sites is 1. The Hall–Kier alpha value is -3.26. The van der Waals surface area contributed by atoms with Crippen molar-refractivity contribution in [1.29, 1.82) is 0 Å². The summed E-state index contributed by atoms with van der Waals surface area (Å²) in [4.78, 5) is 34.5. The maximum absolute atomic E-state index is 14.1. The first-order valence-electron chi connectivity index (χ1n) is 12.5. The Bertz CT molecular complexity index is 1520. The van der Waals surface area contributed by atoms with E-state index in [0.717, 1.165) is 47.6 Å². The molecular weight excluding hydrogens is 504 g/mol. The number of piperazine rings is 1. The van der Waals surface area contributed by atoms with E-state index < -0.39 is 0 Å².